The lowest BCUT2D eigenvalue weighted by Crippen LogP contribution is -2.09. The van der Waals surface area contributed by atoms with Crippen molar-refractivity contribution in [3.05, 3.63) is 77.6 Å². The van der Waals surface area contributed by atoms with Gasteiger partial charge in [0.15, 0.2) is 0 Å². The number of aromatic nitrogens is 2. The number of aromatic amines is 1. The number of H-pyrrole nitrogens is 1. The summed E-state index contributed by atoms with van der Waals surface area (Å²) in [7, 11) is 0. The lowest BCUT2D eigenvalue weighted by molar-refractivity contribution is 0.0168. The van der Waals surface area contributed by atoms with Gasteiger partial charge in [-0.2, -0.15) is 5.26 Å². The summed E-state index contributed by atoms with van der Waals surface area (Å²) in [6.45, 7) is 2.53. The molecule has 0 bridgehead atoms. The van der Waals surface area contributed by atoms with E-state index in [1.54, 1.807) is 31.2 Å². The van der Waals surface area contributed by atoms with Crippen molar-refractivity contribution in [2.45, 2.75) is 19.8 Å². The number of aryl methyl sites for hydroxylation is 1. The first-order valence-corrected chi connectivity index (χ1v) is 9.34. The summed E-state index contributed by atoms with van der Waals surface area (Å²) in [6, 6.07) is 17.9. The summed E-state index contributed by atoms with van der Waals surface area (Å²) in [5, 5.41) is 16.8. The largest absolute Gasteiger partial charge is 0.361 e. The van der Waals surface area contributed by atoms with Crippen molar-refractivity contribution >= 4 is 33.8 Å². The number of fused-ring (bicyclic) bond motifs is 1. The standard InChI is InChI=1S/C23H19F2N5/c1-14-9-16(5-6-20(14)23(2,24)25)28-18-10-19(13-26)30-22(12-18)29-17-4-3-15-7-8-27-21(15)11-17/h3-12,27H,1-2H3,(H2,28,29,30). The molecule has 150 valence electrons. The van der Waals surface area contributed by atoms with E-state index >= 15 is 0 Å². The molecule has 0 aliphatic carbocycles. The molecule has 4 aromatic rings. The maximum atomic E-state index is 13.6. The lowest BCUT2D eigenvalue weighted by atomic mass is 10.0. The van der Waals surface area contributed by atoms with Gasteiger partial charge in [-0.1, -0.05) is 12.1 Å². The fourth-order valence-corrected chi connectivity index (χ4v) is 3.40. The monoisotopic (exact) mass is 403 g/mol. The highest BCUT2D eigenvalue weighted by molar-refractivity contribution is 5.83. The van der Waals surface area contributed by atoms with Crippen molar-refractivity contribution in [1.82, 2.24) is 9.97 Å². The van der Waals surface area contributed by atoms with E-state index in [1.807, 2.05) is 36.5 Å². The Labute approximate surface area is 172 Å². The highest BCUT2D eigenvalue weighted by Crippen LogP contribution is 2.32. The van der Waals surface area contributed by atoms with Gasteiger partial charge in [0.25, 0.3) is 5.92 Å². The Bertz CT molecular complexity index is 1260. The molecule has 0 fully saturated rings. The SMILES string of the molecule is Cc1cc(Nc2cc(C#N)nc(Nc3ccc4cc[nH]c4c3)c2)ccc1C(C)(F)F. The van der Waals surface area contributed by atoms with Gasteiger partial charge in [-0.05, 0) is 54.3 Å². The first-order valence-electron chi connectivity index (χ1n) is 9.34. The molecule has 0 atom stereocenters. The number of hydrogen-bond acceptors (Lipinski definition) is 4. The molecular formula is C23H19F2N5. The van der Waals surface area contributed by atoms with Crippen LogP contribution < -0.4 is 10.6 Å². The summed E-state index contributed by atoms with van der Waals surface area (Å²) < 4.78 is 27.3. The van der Waals surface area contributed by atoms with Crippen LogP contribution in [0.2, 0.25) is 0 Å². The number of pyridine rings is 1. The average molecular weight is 403 g/mol. The second kappa shape index (κ2) is 7.48. The zero-order valence-corrected chi connectivity index (χ0v) is 16.4. The van der Waals surface area contributed by atoms with E-state index in [0.29, 0.717) is 22.8 Å². The number of alkyl halides is 2. The minimum atomic E-state index is -2.90. The number of nitrogens with one attached hydrogen (secondary N) is 3. The Balaban J connectivity index is 1.61. The molecule has 7 heteroatoms. The fourth-order valence-electron chi connectivity index (χ4n) is 3.40. The second-order valence-corrected chi connectivity index (χ2v) is 7.19. The quantitative estimate of drug-likeness (QED) is 0.363. The zero-order valence-electron chi connectivity index (χ0n) is 16.4. The van der Waals surface area contributed by atoms with Gasteiger partial charge in [0.1, 0.15) is 17.6 Å². The van der Waals surface area contributed by atoms with Crippen molar-refractivity contribution in [2.24, 2.45) is 0 Å². The average Bonchev–Trinajstić information content (AvgIpc) is 3.14. The van der Waals surface area contributed by atoms with Gasteiger partial charge in [-0.15, -0.1) is 0 Å². The number of rotatable bonds is 5. The van der Waals surface area contributed by atoms with Crippen LogP contribution in [-0.2, 0) is 5.92 Å². The maximum absolute atomic E-state index is 13.6. The van der Waals surface area contributed by atoms with Crippen LogP contribution in [0.25, 0.3) is 10.9 Å². The van der Waals surface area contributed by atoms with E-state index in [-0.39, 0.29) is 11.3 Å². The van der Waals surface area contributed by atoms with Crippen LogP contribution in [0.4, 0.5) is 31.7 Å². The number of anilines is 4. The molecule has 4 rings (SSSR count). The topological polar surface area (TPSA) is 76.5 Å². The molecule has 30 heavy (non-hydrogen) atoms. The number of hydrogen-bond donors (Lipinski definition) is 3. The molecule has 0 aliphatic heterocycles. The van der Waals surface area contributed by atoms with Gasteiger partial charge >= 0.3 is 0 Å². The van der Waals surface area contributed by atoms with Gasteiger partial charge in [0.2, 0.25) is 0 Å². The van der Waals surface area contributed by atoms with Crippen LogP contribution in [-0.4, -0.2) is 9.97 Å². The summed E-state index contributed by atoms with van der Waals surface area (Å²) in [6.07, 6.45) is 1.87. The molecule has 5 nitrogen and oxygen atoms in total. The predicted molar refractivity (Wildman–Crippen MR) is 115 cm³/mol. The minimum absolute atomic E-state index is 0.0115. The molecule has 0 amide bonds. The Morgan fingerprint density at radius 1 is 0.967 bits per heavy atom. The molecule has 2 aromatic carbocycles. The Morgan fingerprint density at radius 2 is 1.73 bits per heavy atom. The third kappa shape index (κ3) is 4.08. The molecule has 0 spiro atoms. The van der Waals surface area contributed by atoms with Crippen molar-refractivity contribution in [3.63, 3.8) is 0 Å². The van der Waals surface area contributed by atoms with Crippen LogP contribution in [0.1, 0.15) is 23.7 Å². The van der Waals surface area contributed by atoms with Crippen LogP contribution in [0.5, 0.6) is 0 Å². The van der Waals surface area contributed by atoms with Crippen LogP contribution >= 0.6 is 0 Å². The third-order valence-corrected chi connectivity index (χ3v) is 4.76. The van der Waals surface area contributed by atoms with Crippen molar-refractivity contribution < 1.29 is 8.78 Å². The summed E-state index contributed by atoms with van der Waals surface area (Å²) >= 11 is 0. The zero-order chi connectivity index (χ0) is 21.3. The molecule has 2 aromatic heterocycles. The molecule has 0 aliphatic rings. The van der Waals surface area contributed by atoms with E-state index < -0.39 is 5.92 Å². The van der Waals surface area contributed by atoms with Gasteiger partial charge in [-0.3, -0.25) is 0 Å². The highest BCUT2D eigenvalue weighted by atomic mass is 19.3. The normalized spacial score (nSPS) is 11.3. The summed E-state index contributed by atoms with van der Waals surface area (Å²) in [5.41, 5.74) is 3.79. The summed E-state index contributed by atoms with van der Waals surface area (Å²) in [5.74, 6) is -2.40. The van der Waals surface area contributed by atoms with Gasteiger partial charge in [-0.25, -0.2) is 13.8 Å². The third-order valence-electron chi connectivity index (χ3n) is 4.76. The first-order chi connectivity index (χ1) is 14.3. The Hall–Kier alpha value is -3.92. The number of nitriles is 1. The van der Waals surface area contributed by atoms with E-state index in [0.717, 1.165) is 23.5 Å². The molecule has 0 saturated heterocycles. The van der Waals surface area contributed by atoms with Gasteiger partial charge < -0.3 is 15.6 Å². The van der Waals surface area contributed by atoms with E-state index in [9.17, 15) is 14.0 Å². The summed E-state index contributed by atoms with van der Waals surface area (Å²) in [4.78, 5) is 7.45. The Morgan fingerprint density at radius 3 is 2.47 bits per heavy atom. The number of halogens is 2. The van der Waals surface area contributed by atoms with Crippen molar-refractivity contribution in [3.8, 4) is 6.07 Å². The minimum Gasteiger partial charge on any atom is -0.361 e. The molecule has 2 heterocycles. The molecule has 0 radical (unpaired) electrons. The predicted octanol–water partition coefficient (Wildman–Crippen LogP) is 6.34. The number of benzene rings is 2. The van der Waals surface area contributed by atoms with Crippen LogP contribution in [0.3, 0.4) is 0 Å². The smallest absolute Gasteiger partial charge is 0.270 e. The molecule has 0 unspecified atom stereocenters. The van der Waals surface area contributed by atoms with E-state index in [1.165, 1.54) is 6.07 Å². The second-order valence-electron chi connectivity index (χ2n) is 7.19. The lowest BCUT2D eigenvalue weighted by Gasteiger charge is -2.16. The van der Waals surface area contributed by atoms with Crippen LogP contribution in [0.15, 0.2) is 60.8 Å². The van der Waals surface area contributed by atoms with Crippen molar-refractivity contribution in [1.29, 1.82) is 5.26 Å². The van der Waals surface area contributed by atoms with Gasteiger partial charge in [0.05, 0.1) is 0 Å². The van der Waals surface area contributed by atoms with Crippen LogP contribution in [0, 0.1) is 18.3 Å². The molecular weight excluding hydrogens is 384 g/mol. The first kappa shape index (κ1) is 19.4. The fraction of sp³-hybridized carbons (Fsp3) is 0.130. The Kier molecular flexibility index (Phi) is 4.84. The van der Waals surface area contributed by atoms with Gasteiger partial charge in [0, 0.05) is 47.3 Å². The van der Waals surface area contributed by atoms with E-state index in [2.05, 4.69) is 20.6 Å². The highest BCUT2D eigenvalue weighted by Gasteiger charge is 2.26. The molecule has 3 N–H and O–H groups in total. The van der Waals surface area contributed by atoms with Crippen molar-refractivity contribution in [2.75, 3.05) is 10.6 Å². The maximum Gasteiger partial charge on any atom is 0.270 e. The van der Waals surface area contributed by atoms with E-state index in [4.69, 9.17) is 0 Å². The molecule has 0 saturated carbocycles. The number of nitrogens with zero attached hydrogens (tertiary/aromatic N) is 2.